The van der Waals surface area contributed by atoms with Crippen molar-refractivity contribution in [1.82, 2.24) is 25.0 Å². The van der Waals surface area contributed by atoms with Crippen LogP contribution in [0.25, 0.3) is 16.4 Å². The van der Waals surface area contributed by atoms with Crippen LogP contribution in [0.4, 0.5) is 0 Å². The Morgan fingerprint density at radius 1 is 1.00 bits per heavy atom. The number of aromatic nitrogens is 5. The van der Waals surface area contributed by atoms with Crippen LogP contribution >= 0.6 is 23.1 Å². The molecular formula is C17H13N5S2. The van der Waals surface area contributed by atoms with Crippen molar-refractivity contribution in [2.45, 2.75) is 10.8 Å². The molecule has 0 aliphatic rings. The average molecular weight is 351 g/mol. The fourth-order valence-corrected chi connectivity index (χ4v) is 3.79. The maximum atomic E-state index is 4.69. The Morgan fingerprint density at radius 3 is 2.67 bits per heavy atom. The normalized spacial score (nSPS) is 10.8. The summed E-state index contributed by atoms with van der Waals surface area (Å²) in [5.74, 6) is 1.49. The van der Waals surface area contributed by atoms with E-state index in [2.05, 4.69) is 37.8 Å². The van der Waals surface area contributed by atoms with E-state index >= 15 is 0 Å². The molecule has 24 heavy (non-hydrogen) atoms. The van der Waals surface area contributed by atoms with E-state index in [-0.39, 0.29) is 0 Å². The third-order valence-electron chi connectivity index (χ3n) is 3.31. The molecule has 0 bridgehead atoms. The Bertz CT molecular complexity index is 902. The lowest BCUT2D eigenvalue weighted by Crippen LogP contribution is -1.99. The SMILES string of the molecule is c1ccc(-c2nc(CSc3ccc(-n4cccn4)nn3)cs2)cc1. The second-order valence-corrected chi connectivity index (χ2v) is 6.83. The lowest BCUT2D eigenvalue weighted by atomic mass is 10.2. The van der Waals surface area contributed by atoms with Crippen LogP contribution in [0.3, 0.4) is 0 Å². The summed E-state index contributed by atoms with van der Waals surface area (Å²) in [5.41, 5.74) is 2.21. The molecule has 4 rings (SSSR count). The zero-order chi connectivity index (χ0) is 16.2. The third kappa shape index (κ3) is 3.37. The van der Waals surface area contributed by atoms with Gasteiger partial charge >= 0.3 is 0 Å². The van der Waals surface area contributed by atoms with Gasteiger partial charge in [0.1, 0.15) is 10.0 Å². The molecule has 0 spiro atoms. The van der Waals surface area contributed by atoms with Crippen molar-refractivity contribution >= 4 is 23.1 Å². The summed E-state index contributed by atoms with van der Waals surface area (Å²) >= 11 is 3.30. The van der Waals surface area contributed by atoms with E-state index in [1.54, 1.807) is 34.0 Å². The van der Waals surface area contributed by atoms with Gasteiger partial charge in [0.2, 0.25) is 0 Å². The number of rotatable bonds is 5. The smallest absolute Gasteiger partial charge is 0.175 e. The summed E-state index contributed by atoms with van der Waals surface area (Å²) < 4.78 is 1.69. The molecule has 1 aromatic carbocycles. The molecule has 0 saturated carbocycles. The van der Waals surface area contributed by atoms with Crippen molar-refractivity contribution in [2.24, 2.45) is 0 Å². The molecule has 3 aromatic heterocycles. The van der Waals surface area contributed by atoms with Crippen molar-refractivity contribution in [3.05, 3.63) is 72.0 Å². The molecule has 0 saturated heterocycles. The molecule has 0 aliphatic heterocycles. The minimum atomic E-state index is 0.712. The summed E-state index contributed by atoms with van der Waals surface area (Å²) in [6, 6.07) is 16.0. The maximum absolute atomic E-state index is 4.69. The zero-order valence-electron chi connectivity index (χ0n) is 12.6. The van der Waals surface area contributed by atoms with Gasteiger partial charge in [-0.05, 0) is 18.2 Å². The summed E-state index contributed by atoms with van der Waals surface area (Å²) in [6.07, 6.45) is 3.56. The molecule has 118 valence electrons. The first-order valence-electron chi connectivity index (χ1n) is 7.35. The minimum Gasteiger partial charge on any atom is -0.240 e. The van der Waals surface area contributed by atoms with E-state index in [0.29, 0.717) is 5.82 Å². The first-order valence-corrected chi connectivity index (χ1v) is 9.21. The third-order valence-corrected chi connectivity index (χ3v) is 5.20. The summed E-state index contributed by atoms with van der Waals surface area (Å²) in [6.45, 7) is 0. The highest BCUT2D eigenvalue weighted by atomic mass is 32.2. The average Bonchev–Trinajstić information content (AvgIpc) is 3.33. The molecule has 0 amide bonds. The summed E-state index contributed by atoms with van der Waals surface area (Å²) in [5, 5.41) is 16.6. The molecule has 0 atom stereocenters. The molecule has 5 nitrogen and oxygen atoms in total. The van der Waals surface area contributed by atoms with Crippen molar-refractivity contribution < 1.29 is 0 Å². The Labute approximate surface area is 147 Å². The molecule has 0 radical (unpaired) electrons. The van der Waals surface area contributed by atoms with Gasteiger partial charge in [-0.3, -0.25) is 0 Å². The van der Waals surface area contributed by atoms with Crippen LogP contribution in [0.2, 0.25) is 0 Å². The van der Waals surface area contributed by atoms with E-state index in [1.165, 1.54) is 0 Å². The number of hydrogen-bond donors (Lipinski definition) is 0. The van der Waals surface area contributed by atoms with Crippen LogP contribution < -0.4 is 0 Å². The topological polar surface area (TPSA) is 56.5 Å². The Morgan fingerprint density at radius 2 is 1.92 bits per heavy atom. The second-order valence-electron chi connectivity index (χ2n) is 4.98. The van der Waals surface area contributed by atoms with Gasteiger partial charge in [0, 0.05) is 29.1 Å². The lowest BCUT2D eigenvalue weighted by Gasteiger charge is -2.01. The number of thiazole rings is 1. The second kappa shape index (κ2) is 6.94. The van der Waals surface area contributed by atoms with E-state index in [9.17, 15) is 0 Å². The quantitative estimate of drug-likeness (QED) is 0.507. The maximum Gasteiger partial charge on any atom is 0.175 e. The Kier molecular flexibility index (Phi) is 4.35. The zero-order valence-corrected chi connectivity index (χ0v) is 14.2. The van der Waals surface area contributed by atoms with Gasteiger partial charge in [0.05, 0.1) is 5.69 Å². The van der Waals surface area contributed by atoms with Gasteiger partial charge in [0.15, 0.2) is 5.82 Å². The van der Waals surface area contributed by atoms with Crippen LogP contribution in [-0.2, 0) is 5.75 Å². The predicted molar refractivity (Wildman–Crippen MR) is 96.3 cm³/mol. The van der Waals surface area contributed by atoms with Crippen molar-refractivity contribution in [3.8, 4) is 16.4 Å². The van der Waals surface area contributed by atoms with E-state index in [1.807, 2.05) is 42.6 Å². The van der Waals surface area contributed by atoms with Crippen LogP contribution in [0.15, 0.2) is 71.3 Å². The number of benzene rings is 1. The van der Waals surface area contributed by atoms with Crippen molar-refractivity contribution in [1.29, 1.82) is 0 Å². The van der Waals surface area contributed by atoms with Crippen LogP contribution in [0, 0.1) is 0 Å². The van der Waals surface area contributed by atoms with Gasteiger partial charge in [-0.1, -0.05) is 42.1 Å². The van der Waals surface area contributed by atoms with Gasteiger partial charge in [-0.2, -0.15) is 5.10 Å². The number of hydrogen-bond acceptors (Lipinski definition) is 6. The number of thioether (sulfide) groups is 1. The minimum absolute atomic E-state index is 0.712. The van der Waals surface area contributed by atoms with Crippen molar-refractivity contribution in [2.75, 3.05) is 0 Å². The highest BCUT2D eigenvalue weighted by Gasteiger charge is 2.06. The summed E-state index contributed by atoms with van der Waals surface area (Å²) in [7, 11) is 0. The fourth-order valence-electron chi connectivity index (χ4n) is 2.15. The first-order chi connectivity index (χ1) is 11.9. The summed E-state index contributed by atoms with van der Waals surface area (Å²) in [4.78, 5) is 4.69. The highest BCUT2D eigenvalue weighted by molar-refractivity contribution is 7.98. The van der Waals surface area contributed by atoms with Crippen LogP contribution in [-0.4, -0.2) is 25.0 Å². The Balaban J connectivity index is 1.41. The van der Waals surface area contributed by atoms with E-state index in [4.69, 9.17) is 0 Å². The highest BCUT2D eigenvalue weighted by Crippen LogP contribution is 2.27. The van der Waals surface area contributed by atoms with Gasteiger partial charge in [-0.15, -0.1) is 21.5 Å². The monoisotopic (exact) mass is 351 g/mol. The van der Waals surface area contributed by atoms with Crippen LogP contribution in [0.5, 0.6) is 0 Å². The van der Waals surface area contributed by atoms with Gasteiger partial charge in [-0.25, -0.2) is 9.67 Å². The lowest BCUT2D eigenvalue weighted by molar-refractivity contribution is 0.792. The Hall–Kier alpha value is -2.51. The fraction of sp³-hybridized carbons (Fsp3) is 0.0588. The van der Waals surface area contributed by atoms with E-state index in [0.717, 1.165) is 27.0 Å². The van der Waals surface area contributed by atoms with E-state index < -0.39 is 0 Å². The van der Waals surface area contributed by atoms with Gasteiger partial charge < -0.3 is 0 Å². The molecule has 0 fully saturated rings. The molecule has 3 heterocycles. The molecule has 7 heteroatoms. The largest absolute Gasteiger partial charge is 0.240 e. The molecule has 0 unspecified atom stereocenters. The van der Waals surface area contributed by atoms with Crippen molar-refractivity contribution in [3.63, 3.8) is 0 Å². The molecule has 4 aromatic rings. The van der Waals surface area contributed by atoms with Crippen LogP contribution in [0.1, 0.15) is 5.69 Å². The molecule has 0 aliphatic carbocycles. The molecule has 0 N–H and O–H groups in total. The predicted octanol–water partition coefficient (Wildman–Crippen LogP) is 4.08. The number of nitrogens with zero attached hydrogens (tertiary/aromatic N) is 5. The standard InChI is InChI=1S/C17H13N5S2/c1-2-5-13(6-3-1)17-19-14(12-24-17)11-23-16-8-7-15(20-21-16)22-10-4-9-18-22/h1-10,12H,11H2. The van der Waals surface area contributed by atoms with Gasteiger partial charge in [0.25, 0.3) is 0 Å². The first kappa shape index (κ1) is 15.0. The molecular weight excluding hydrogens is 338 g/mol.